The van der Waals surface area contributed by atoms with Crippen molar-refractivity contribution >= 4 is 50.5 Å². The topological polar surface area (TPSA) is 68.3 Å². The van der Waals surface area contributed by atoms with Gasteiger partial charge in [-0.1, -0.05) is 34.8 Å². The molecule has 0 atom stereocenters. The highest BCUT2D eigenvalue weighted by atomic mass is 35.5. The van der Waals surface area contributed by atoms with Crippen molar-refractivity contribution in [3.8, 4) is 5.75 Å². The molecular formula is C12H9Cl3N2O3S. The maximum absolute atomic E-state index is 12.2. The largest absolute Gasteiger partial charge is 0.495 e. The van der Waals surface area contributed by atoms with E-state index < -0.39 is 10.0 Å². The fourth-order valence-corrected chi connectivity index (χ4v) is 3.11. The Hall–Kier alpha value is -1.21. The molecule has 2 rings (SSSR count). The molecule has 1 aromatic carbocycles. The van der Waals surface area contributed by atoms with Crippen LogP contribution in [0, 0.1) is 0 Å². The average Bonchev–Trinajstić information content (AvgIpc) is 2.41. The van der Waals surface area contributed by atoms with Crippen LogP contribution in [-0.4, -0.2) is 20.5 Å². The Kier molecular flexibility index (Phi) is 4.83. The first-order chi connectivity index (χ1) is 9.83. The van der Waals surface area contributed by atoms with Crippen LogP contribution in [0.2, 0.25) is 15.2 Å². The molecule has 0 aliphatic heterocycles. The molecule has 0 fully saturated rings. The number of hydrogen-bond acceptors (Lipinski definition) is 4. The quantitative estimate of drug-likeness (QED) is 0.833. The van der Waals surface area contributed by atoms with Gasteiger partial charge in [0, 0.05) is 6.20 Å². The molecule has 0 saturated heterocycles. The normalized spacial score (nSPS) is 11.2. The van der Waals surface area contributed by atoms with Crippen LogP contribution in [0.1, 0.15) is 0 Å². The highest BCUT2D eigenvalue weighted by Gasteiger charge is 2.17. The van der Waals surface area contributed by atoms with Crippen LogP contribution in [0.5, 0.6) is 5.75 Å². The predicted molar refractivity (Wildman–Crippen MR) is 83.1 cm³/mol. The summed E-state index contributed by atoms with van der Waals surface area (Å²) in [6.45, 7) is 0. The molecule has 21 heavy (non-hydrogen) atoms. The van der Waals surface area contributed by atoms with Crippen molar-refractivity contribution in [1.29, 1.82) is 0 Å². The van der Waals surface area contributed by atoms with E-state index in [1.807, 2.05) is 0 Å². The minimum absolute atomic E-state index is 0.0307. The number of benzene rings is 1. The van der Waals surface area contributed by atoms with Crippen molar-refractivity contribution in [2.45, 2.75) is 4.90 Å². The predicted octanol–water partition coefficient (Wildman–Crippen LogP) is 3.85. The van der Waals surface area contributed by atoms with E-state index in [0.717, 1.165) is 6.20 Å². The van der Waals surface area contributed by atoms with E-state index in [-0.39, 0.29) is 25.8 Å². The van der Waals surface area contributed by atoms with Gasteiger partial charge in [-0.25, -0.2) is 13.4 Å². The van der Waals surface area contributed by atoms with E-state index >= 15 is 0 Å². The molecule has 9 heteroatoms. The number of ether oxygens (including phenoxy) is 1. The second-order valence-electron chi connectivity index (χ2n) is 3.90. The van der Waals surface area contributed by atoms with Gasteiger partial charge in [-0.15, -0.1) is 0 Å². The van der Waals surface area contributed by atoms with Gasteiger partial charge in [0.25, 0.3) is 10.0 Å². The van der Waals surface area contributed by atoms with Crippen LogP contribution in [0.3, 0.4) is 0 Å². The SMILES string of the molecule is COc1ccc(NS(=O)(=O)c2cnc(Cl)c(Cl)c2)cc1Cl. The van der Waals surface area contributed by atoms with Gasteiger partial charge < -0.3 is 4.74 Å². The van der Waals surface area contributed by atoms with Crippen molar-refractivity contribution in [2.24, 2.45) is 0 Å². The van der Waals surface area contributed by atoms with Gasteiger partial charge in [-0.05, 0) is 24.3 Å². The summed E-state index contributed by atoms with van der Waals surface area (Å²) in [5.74, 6) is 0.441. The summed E-state index contributed by atoms with van der Waals surface area (Å²) in [4.78, 5) is 3.59. The molecule has 0 unspecified atom stereocenters. The fraction of sp³-hybridized carbons (Fsp3) is 0.0833. The number of rotatable bonds is 4. The van der Waals surface area contributed by atoms with Gasteiger partial charge in [0.15, 0.2) is 0 Å². The van der Waals surface area contributed by atoms with Crippen LogP contribution < -0.4 is 9.46 Å². The smallest absolute Gasteiger partial charge is 0.263 e. The molecule has 0 bridgehead atoms. The Bertz CT molecular complexity index is 781. The lowest BCUT2D eigenvalue weighted by Crippen LogP contribution is -2.13. The van der Waals surface area contributed by atoms with E-state index in [4.69, 9.17) is 39.5 Å². The molecule has 0 spiro atoms. The third-order valence-electron chi connectivity index (χ3n) is 2.49. The molecule has 0 aliphatic carbocycles. The highest BCUT2D eigenvalue weighted by Crippen LogP contribution is 2.29. The van der Waals surface area contributed by atoms with Crippen LogP contribution in [0.25, 0.3) is 0 Å². The monoisotopic (exact) mass is 366 g/mol. The molecule has 1 aromatic heterocycles. The second kappa shape index (κ2) is 6.27. The fourth-order valence-electron chi connectivity index (χ4n) is 1.49. The zero-order chi connectivity index (χ0) is 15.6. The average molecular weight is 368 g/mol. The molecule has 112 valence electrons. The van der Waals surface area contributed by atoms with Crippen molar-refractivity contribution in [2.75, 3.05) is 11.8 Å². The number of anilines is 1. The summed E-state index contributed by atoms with van der Waals surface area (Å²) < 4.78 is 31.8. The Morgan fingerprint density at radius 2 is 1.86 bits per heavy atom. The maximum Gasteiger partial charge on any atom is 0.263 e. The van der Waals surface area contributed by atoms with Crippen molar-refractivity contribution in [3.05, 3.63) is 45.7 Å². The Labute approximate surface area is 136 Å². The second-order valence-corrected chi connectivity index (χ2v) is 6.75. The summed E-state index contributed by atoms with van der Waals surface area (Å²) in [6.07, 6.45) is 1.11. The molecule has 1 heterocycles. The Balaban J connectivity index is 2.32. The molecule has 1 N–H and O–H groups in total. The first kappa shape index (κ1) is 16.2. The molecule has 0 amide bonds. The molecule has 5 nitrogen and oxygen atoms in total. The molecule has 0 aliphatic rings. The van der Waals surface area contributed by atoms with E-state index in [9.17, 15) is 8.42 Å². The summed E-state index contributed by atoms with van der Waals surface area (Å²) >= 11 is 17.4. The minimum Gasteiger partial charge on any atom is -0.495 e. The number of methoxy groups -OCH3 is 1. The van der Waals surface area contributed by atoms with Crippen molar-refractivity contribution in [3.63, 3.8) is 0 Å². The first-order valence-corrected chi connectivity index (χ1v) is 8.12. The van der Waals surface area contributed by atoms with E-state index in [1.54, 1.807) is 6.07 Å². The number of aromatic nitrogens is 1. The summed E-state index contributed by atoms with van der Waals surface area (Å²) in [7, 11) is -2.38. The third-order valence-corrected chi connectivity index (χ3v) is 4.82. The van der Waals surface area contributed by atoms with E-state index in [2.05, 4.69) is 9.71 Å². The van der Waals surface area contributed by atoms with Gasteiger partial charge in [0.2, 0.25) is 0 Å². The van der Waals surface area contributed by atoms with Gasteiger partial charge in [-0.3, -0.25) is 4.72 Å². The van der Waals surface area contributed by atoms with Gasteiger partial charge in [0.1, 0.15) is 15.8 Å². The lowest BCUT2D eigenvalue weighted by Gasteiger charge is -2.10. The van der Waals surface area contributed by atoms with Crippen molar-refractivity contribution in [1.82, 2.24) is 4.98 Å². The molecule has 0 saturated carbocycles. The van der Waals surface area contributed by atoms with E-state index in [1.165, 1.54) is 25.3 Å². The Morgan fingerprint density at radius 3 is 2.43 bits per heavy atom. The van der Waals surface area contributed by atoms with Gasteiger partial charge in [0.05, 0.1) is 22.8 Å². The summed E-state index contributed by atoms with van der Waals surface area (Å²) in [5.41, 5.74) is 0.284. The molecular weight excluding hydrogens is 359 g/mol. The zero-order valence-electron chi connectivity index (χ0n) is 10.6. The number of sulfonamides is 1. The van der Waals surface area contributed by atoms with Crippen molar-refractivity contribution < 1.29 is 13.2 Å². The van der Waals surface area contributed by atoms with Crippen LogP contribution in [-0.2, 0) is 10.0 Å². The molecule has 0 radical (unpaired) electrons. The summed E-state index contributed by atoms with van der Waals surface area (Å²) in [5, 5.41) is 0.361. The Morgan fingerprint density at radius 1 is 1.14 bits per heavy atom. The third kappa shape index (κ3) is 3.71. The van der Waals surface area contributed by atoms with Gasteiger partial charge >= 0.3 is 0 Å². The van der Waals surface area contributed by atoms with Crippen LogP contribution in [0.15, 0.2) is 35.4 Å². The zero-order valence-corrected chi connectivity index (χ0v) is 13.7. The molecule has 2 aromatic rings. The number of nitrogens with one attached hydrogen (secondary N) is 1. The van der Waals surface area contributed by atoms with Crippen LogP contribution in [0.4, 0.5) is 5.69 Å². The summed E-state index contributed by atoms with van der Waals surface area (Å²) in [6, 6.07) is 5.72. The lowest BCUT2D eigenvalue weighted by atomic mass is 10.3. The maximum atomic E-state index is 12.2. The lowest BCUT2D eigenvalue weighted by molar-refractivity contribution is 0.415. The van der Waals surface area contributed by atoms with E-state index in [0.29, 0.717) is 5.75 Å². The number of pyridine rings is 1. The van der Waals surface area contributed by atoms with Gasteiger partial charge in [-0.2, -0.15) is 0 Å². The first-order valence-electron chi connectivity index (χ1n) is 5.51. The highest BCUT2D eigenvalue weighted by molar-refractivity contribution is 7.92. The minimum atomic E-state index is -3.84. The number of nitrogens with zero attached hydrogens (tertiary/aromatic N) is 1. The van der Waals surface area contributed by atoms with Crippen LogP contribution >= 0.6 is 34.8 Å². The number of halogens is 3. The standard InChI is InChI=1S/C12H9Cl3N2O3S/c1-20-11-3-2-7(4-9(11)13)17-21(18,19)8-5-10(14)12(15)16-6-8/h2-6,17H,1H3. The number of hydrogen-bond donors (Lipinski definition) is 1.